The van der Waals surface area contributed by atoms with Gasteiger partial charge in [0.15, 0.2) is 0 Å². The summed E-state index contributed by atoms with van der Waals surface area (Å²) in [5.41, 5.74) is 1.40. The van der Waals surface area contributed by atoms with Gasteiger partial charge in [-0.1, -0.05) is 43.0 Å². The highest BCUT2D eigenvalue weighted by Gasteiger charge is 2.15. The number of aromatic hydroxyl groups is 1. The van der Waals surface area contributed by atoms with Crippen LogP contribution in [0.1, 0.15) is 17.3 Å². The van der Waals surface area contributed by atoms with Gasteiger partial charge in [-0.15, -0.1) is 0 Å². The first-order valence-electron chi connectivity index (χ1n) is 8.04. The molecule has 0 unspecified atom stereocenters. The molecule has 0 aliphatic heterocycles. The molecule has 0 heterocycles. The van der Waals surface area contributed by atoms with Crippen molar-refractivity contribution in [3.63, 3.8) is 0 Å². The predicted octanol–water partition coefficient (Wildman–Crippen LogP) is 4.31. The molecule has 2 amide bonds. The molecule has 0 radical (unpaired) electrons. The molecule has 0 atom stereocenters. The van der Waals surface area contributed by atoms with Crippen LogP contribution in [0.25, 0.3) is 10.8 Å². The minimum absolute atomic E-state index is 0.107. The van der Waals surface area contributed by atoms with E-state index < -0.39 is 5.91 Å². The maximum absolute atomic E-state index is 12.6. The Hall–Kier alpha value is -3.60. The number of anilines is 2. The number of hydrogen-bond acceptors (Lipinski definition) is 3. The zero-order chi connectivity index (χ0) is 18.7. The van der Waals surface area contributed by atoms with E-state index in [0.717, 1.165) is 10.8 Å². The summed E-state index contributed by atoms with van der Waals surface area (Å²) in [6.45, 7) is 5.20. The van der Waals surface area contributed by atoms with Crippen LogP contribution in [0.3, 0.4) is 0 Å². The normalized spacial score (nSPS) is 10.3. The molecule has 0 bridgehead atoms. The van der Waals surface area contributed by atoms with Gasteiger partial charge in [-0.2, -0.15) is 0 Å². The number of fused-ring (bicyclic) bond motifs is 1. The topological polar surface area (TPSA) is 78.4 Å². The summed E-state index contributed by atoms with van der Waals surface area (Å²) in [6, 6.07) is 17.5. The molecule has 0 saturated heterocycles. The Labute approximate surface area is 151 Å². The fourth-order valence-corrected chi connectivity index (χ4v) is 2.53. The molecule has 0 saturated carbocycles. The van der Waals surface area contributed by atoms with Crippen molar-refractivity contribution < 1.29 is 14.7 Å². The summed E-state index contributed by atoms with van der Waals surface area (Å²) in [5, 5.41) is 17.3. The Morgan fingerprint density at radius 1 is 0.885 bits per heavy atom. The third-order valence-corrected chi connectivity index (χ3v) is 3.92. The standard InChI is InChI=1S/C21H18N2O3/c1-13(2)20(25)22-17-9-5-6-10-18(17)23-21(26)16-11-14-7-3-4-8-15(14)12-19(16)24/h3-12,24H,1H2,2H3,(H,22,25)(H,23,26). The maximum atomic E-state index is 12.6. The molecule has 3 N–H and O–H groups in total. The molecule has 3 aromatic rings. The molecule has 3 aromatic carbocycles. The number of amides is 2. The molecular formula is C21H18N2O3. The average Bonchev–Trinajstić information content (AvgIpc) is 2.62. The van der Waals surface area contributed by atoms with Crippen molar-refractivity contribution in [3.8, 4) is 5.75 Å². The van der Waals surface area contributed by atoms with Crippen LogP contribution < -0.4 is 10.6 Å². The summed E-state index contributed by atoms with van der Waals surface area (Å²) in [5.74, 6) is -0.907. The molecule has 5 nitrogen and oxygen atoms in total. The first-order valence-corrected chi connectivity index (χ1v) is 8.04. The van der Waals surface area contributed by atoms with Gasteiger partial charge < -0.3 is 15.7 Å². The Balaban J connectivity index is 1.90. The second-order valence-electron chi connectivity index (χ2n) is 5.95. The molecule has 5 heteroatoms. The van der Waals surface area contributed by atoms with E-state index in [1.165, 1.54) is 0 Å². The number of nitrogens with one attached hydrogen (secondary N) is 2. The molecule has 130 valence electrons. The fourth-order valence-electron chi connectivity index (χ4n) is 2.53. The minimum atomic E-state index is -0.467. The van der Waals surface area contributed by atoms with Crippen LogP contribution in [-0.4, -0.2) is 16.9 Å². The van der Waals surface area contributed by atoms with Crippen molar-refractivity contribution in [3.05, 3.63) is 78.4 Å². The highest BCUT2D eigenvalue weighted by atomic mass is 16.3. The summed E-state index contributed by atoms with van der Waals surface area (Å²) in [6.07, 6.45) is 0. The Morgan fingerprint density at radius 2 is 1.42 bits per heavy atom. The quantitative estimate of drug-likeness (QED) is 0.616. The van der Waals surface area contributed by atoms with Gasteiger partial charge in [-0.25, -0.2) is 0 Å². The van der Waals surface area contributed by atoms with Gasteiger partial charge in [0.05, 0.1) is 16.9 Å². The number of rotatable bonds is 4. The van der Waals surface area contributed by atoms with Crippen molar-refractivity contribution in [2.24, 2.45) is 0 Å². The lowest BCUT2D eigenvalue weighted by Crippen LogP contribution is -2.17. The number of para-hydroxylation sites is 2. The summed E-state index contributed by atoms with van der Waals surface area (Å²) >= 11 is 0. The summed E-state index contributed by atoms with van der Waals surface area (Å²) in [7, 11) is 0. The summed E-state index contributed by atoms with van der Waals surface area (Å²) < 4.78 is 0. The first kappa shape index (κ1) is 17.2. The second-order valence-corrected chi connectivity index (χ2v) is 5.95. The lowest BCUT2D eigenvalue weighted by atomic mass is 10.1. The molecular weight excluding hydrogens is 328 g/mol. The second kappa shape index (κ2) is 7.11. The van der Waals surface area contributed by atoms with Crippen molar-refractivity contribution in [2.75, 3.05) is 10.6 Å². The summed E-state index contributed by atoms with van der Waals surface area (Å²) in [4.78, 5) is 24.5. The van der Waals surface area contributed by atoms with E-state index in [9.17, 15) is 14.7 Å². The highest BCUT2D eigenvalue weighted by Crippen LogP contribution is 2.27. The Kier molecular flexibility index (Phi) is 4.71. The number of carbonyl (C=O) groups excluding carboxylic acids is 2. The average molecular weight is 346 g/mol. The first-order chi connectivity index (χ1) is 12.5. The van der Waals surface area contributed by atoms with Crippen LogP contribution in [0.5, 0.6) is 5.75 Å². The van der Waals surface area contributed by atoms with Gasteiger partial charge in [-0.05, 0) is 42.0 Å². The van der Waals surface area contributed by atoms with E-state index in [1.54, 1.807) is 43.3 Å². The lowest BCUT2D eigenvalue weighted by molar-refractivity contribution is -0.112. The molecule has 0 fully saturated rings. The van der Waals surface area contributed by atoms with Crippen LogP contribution in [0.2, 0.25) is 0 Å². The van der Waals surface area contributed by atoms with E-state index >= 15 is 0 Å². The highest BCUT2D eigenvalue weighted by molar-refractivity contribution is 6.11. The Morgan fingerprint density at radius 3 is 2.04 bits per heavy atom. The third kappa shape index (κ3) is 3.57. The van der Waals surface area contributed by atoms with Crippen molar-refractivity contribution in [2.45, 2.75) is 6.92 Å². The van der Waals surface area contributed by atoms with E-state index in [0.29, 0.717) is 16.9 Å². The predicted molar refractivity (Wildman–Crippen MR) is 103 cm³/mol. The maximum Gasteiger partial charge on any atom is 0.259 e. The molecule has 3 rings (SSSR count). The van der Waals surface area contributed by atoms with Crippen LogP contribution in [0, 0.1) is 0 Å². The largest absolute Gasteiger partial charge is 0.507 e. The third-order valence-electron chi connectivity index (χ3n) is 3.92. The van der Waals surface area contributed by atoms with Gasteiger partial charge in [0.1, 0.15) is 5.75 Å². The molecule has 0 aliphatic rings. The zero-order valence-corrected chi connectivity index (χ0v) is 14.2. The minimum Gasteiger partial charge on any atom is -0.507 e. The van der Waals surface area contributed by atoms with Gasteiger partial charge in [0.25, 0.3) is 11.8 Å². The van der Waals surface area contributed by atoms with Crippen LogP contribution in [0.4, 0.5) is 11.4 Å². The molecule has 0 aromatic heterocycles. The van der Waals surface area contributed by atoms with E-state index in [-0.39, 0.29) is 17.2 Å². The van der Waals surface area contributed by atoms with Crippen LogP contribution >= 0.6 is 0 Å². The monoisotopic (exact) mass is 346 g/mol. The smallest absolute Gasteiger partial charge is 0.259 e. The number of phenols is 1. The van der Waals surface area contributed by atoms with E-state index in [4.69, 9.17) is 0 Å². The van der Waals surface area contributed by atoms with Gasteiger partial charge in [0.2, 0.25) is 0 Å². The SMILES string of the molecule is C=C(C)C(=O)Nc1ccccc1NC(=O)c1cc2ccccc2cc1O. The molecule has 0 aliphatic carbocycles. The van der Waals surface area contributed by atoms with E-state index in [2.05, 4.69) is 17.2 Å². The van der Waals surface area contributed by atoms with Gasteiger partial charge >= 0.3 is 0 Å². The van der Waals surface area contributed by atoms with Gasteiger partial charge in [0, 0.05) is 5.57 Å². The van der Waals surface area contributed by atoms with Gasteiger partial charge in [-0.3, -0.25) is 9.59 Å². The van der Waals surface area contributed by atoms with Crippen molar-refractivity contribution in [1.29, 1.82) is 0 Å². The number of hydrogen-bond donors (Lipinski definition) is 3. The van der Waals surface area contributed by atoms with Crippen molar-refractivity contribution in [1.82, 2.24) is 0 Å². The zero-order valence-electron chi connectivity index (χ0n) is 14.2. The lowest BCUT2D eigenvalue weighted by Gasteiger charge is -2.13. The number of benzene rings is 3. The number of phenolic OH excluding ortho intramolecular Hbond substituents is 1. The molecule has 0 spiro atoms. The fraction of sp³-hybridized carbons (Fsp3) is 0.0476. The van der Waals surface area contributed by atoms with Crippen molar-refractivity contribution >= 4 is 34.0 Å². The molecule has 26 heavy (non-hydrogen) atoms. The number of carbonyl (C=O) groups is 2. The Bertz CT molecular complexity index is 1020. The van der Waals surface area contributed by atoms with Crippen LogP contribution in [0.15, 0.2) is 72.8 Å². The van der Waals surface area contributed by atoms with Crippen LogP contribution in [-0.2, 0) is 4.79 Å². The van der Waals surface area contributed by atoms with E-state index in [1.807, 2.05) is 24.3 Å².